The van der Waals surface area contributed by atoms with Crippen LogP contribution in [0.2, 0.25) is 0 Å². The fourth-order valence-electron chi connectivity index (χ4n) is 4.70. The predicted octanol–water partition coefficient (Wildman–Crippen LogP) is 1.89. The van der Waals surface area contributed by atoms with Crippen LogP contribution in [0.1, 0.15) is 47.0 Å². The van der Waals surface area contributed by atoms with Gasteiger partial charge in [0.1, 0.15) is 5.78 Å². The zero-order valence-corrected chi connectivity index (χ0v) is 16.2. The van der Waals surface area contributed by atoms with Crippen LogP contribution in [0.25, 0.3) is 0 Å². The van der Waals surface area contributed by atoms with E-state index in [2.05, 4.69) is 23.5 Å². The fraction of sp³-hybridized carbons (Fsp3) is 0.941. The van der Waals surface area contributed by atoms with Crippen LogP contribution in [0.4, 0.5) is 0 Å². The second kappa shape index (κ2) is 5.81. The molecule has 2 bridgehead atoms. The highest BCUT2D eigenvalue weighted by Crippen LogP contribution is 2.64. The number of carbonyl (C=O) groups is 1. The molecule has 6 heteroatoms. The maximum absolute atomic E-state index is 12.7. The van der Waals surface area contributed by atoms with Crippen molar-refractivity contribution in [2.75, 3.05) is 32.9 Å². The van der Waals surface area contributed by atoms with Gasteiger partial charge in [-0.15, -0.1) is 0 Å². The van der Waals surface area contributed by atoms with E-state index in [-0.39, 0.29) is 22.4 Å². The largest absolute Gasteiger partial charge is 0.309 e. The standard InChI is InChI=1S/C17H32N2O3S/c1-15(2,11-19(5)6)10-18-23(21,22)12-17-8-7-13(9-14(17)20)16(17,3)4/h13,18H,7-12H2,1-6H3/t13-,17-/m1/s1. The molecule has 0 amide bonds. The molecule has 5 nitrogen and oxygen atoms in total. The molecule has 2 rings (SSSR count). The molecule has 0 radical (unpaired) electrons. The Balaban J connectivity index is 2.08. The van der Waals surface area contributed by atoms with Crippen LogP contribution in [-0.4, -0.2) is 52.0 Å². The Kier molecular flexibility index (Phi) is 4.77. The van der Waals surface area contributed by atoms with Crippen LogP contribution < -0.4 is 4.72 Å². The second-order valence-corrected chi connectivity index (χ2v) is 11.0. The summed E-state index contributed by atoms with van der Waals surface area (Å²) in [6.07, 6.45) is 2.24. The van der Waals surface area contributed by atoms with Crippen molar-refractivity contribution in [2.24, 2.45) is 22.2 Å². The number of carbonyl (C=O) groups excluding carboxylic acids is 1. The third kappa shape index (κ3) is 3.49. The molecular formula is C17H32N2O3S. The Bertz CT molecular complexity index is 581. The molecule has 0 unspecified atom stereocenters. The van der Waals surface area contributed by atoms with Crippen LogP contribution in [0.3, 0.4) is 0 Å². The van der Waals surface area contributed by atoms with Crippen LogP contribution in [0.5, 0.6) is 0 Å². The van der Waals surface area contributed by atoms with E-state index in [1.165, 1.54) is 0 Å². The third-order valence-electron chi connectivity index (χ3n) is 6.09. The Morgan fingerprint density at radius 3 is 2.35 bits per heavy atom. The average molecular weight is 345 g/mol. The zero-order valence-electron chi connectivity index (χ0n) is 15.4. The molecule has 0 saturated heterocycles. The number of hydrogen-bond donors (Lipinski definition) is 1. The Hall–Kier alpha value is -0.460. The first-order valence-corrected chi connectivity index (χ1v) is 10.1. The van der Waals surface area contributed by atoms with Crippen molar-refractivity contribution in [3.63, 3.8) is 0 Å². The molecule has 2 atom stereocenters. The third-order valence-corrected chi connectivity index (χ3v) is 7.55. The molecule has 0 aromatic heterocycles. The summed E-state index contributed by atoms with van der Waals surface area (Å²) in [6, 6.07) is 0. The number of hydrogen-bond acceptors (Lipinski definition) is 4. The molecule has 0 spiro atoms. The first-order chi connectivity index (χ1) is 10.3. The van der Waals surface area contributed by atoms with Gasteiger partial charge in [0, 0.05) is 24.9 Å². The molecule has 0 heterocycles. The van der Waals surface area contributed by atoms with Gasteiger partial charge in [-0.2, -0.15) is 0 Å². The minimum Gasteiger partial charge on any atom is -0.309 e. The summed E-state index contributed by atoms with van der Waals surface area (Å²) in [6.45, 7) is 9.42. The van der Waals surface area contributed by atoms with Crippen LogP contribution in [-0.2, 0) is 14.8 Å². The van der Waals surface area contributed by atoms with E-state index in [0.29, 0.717) is 25.3 Å². The lowest BCUT2D eigenvalue weighted by atomic mass is 9.70. The molecule has 2 saturated carbocycles. The number of nitrogens with one attached hydrogen (secondary N) is 1. The highest BCUT2D eigenvalue weighted by Gasteiger charge is 2.65. The minimum atomic E-state index is -3.47. The van der Waals surface area contributed by atoms with Gasteiger partial charge in [-0.3, -0.25) is 4.79 Å². The van der Waals surface area contributed by atoms with Gasteiger partial charge < -0.3 is 4.90 Å². The van der Waals surface area contributed by atoms with E-state index in [1.54, 1.807) is 0 Å². The maximum Gasteiger partial charge on any atom is 0.212 e. The number of fused-ring (bicyclic) bond motifs is 2. The maximum atomic E-state index is 12.7. The van der Waals surface area contributed by atoms with Gasteiger partial charge in [-0.25, -0.2) is 13.1 Å². The molecule has 134 valence electrons. The van der Waals surface area contributed by atoms with E-state index < -0.39 is 15.4 Å². The van der Waals surface area contributed by atoms with Gasteiger partial charge in [0.25, 0.3) is 0 Å². The Morgan fingerprint density at radius 2 is 1.91 bits per heavy atom. The molecular weight excluding hydrogens is 312 g/mol. The van der Waals surface area contributed by atoms with Crippen molar-refractivity contribution in [1.82, 2.24) is 9.62 Å². The van der Waals surface area contributed by atoms with Crippen LogP contribution >= 0.6 is 0 Å². The average Bonchev–Trinajstić information content (AvgIpc) is 2.69. The van der Waals surface area contributed by atoms with Gasteiger partial charge in [0.15, 0.2) is 0 Å². The number of nitrogens with zero attached hydrogens (tertiary/aromatic N) is 1. The van der Waals surface area contributed by atoms with Gasteiger partial charge >= 0.3 is 0 Å². The highest BCUT2D eigenvalue weighted by atomic mass is 32.2. The molecule has 1 N–H and O–H groups in total. The van der Waals surface area contributed by atoms with E-state index in [4.69, 9.17) is 0 Å². The second-order valence-electron chi connectivity index (χ2n) is 9.15. The first-order valence-electron chi connectivity index (χ1n) is 8.47. The number of Topliss-reactive ketones (excluding diaryl/α,β-unsaturated/α-hetero) is 1. The monoisotopic (exact) mass is 344 g/mol. The lowest BCUT2D eigenvalue weighted by Crippen LogP contribution is -2.47. The van der Waals surface area contributed by atoms with Gasteiger partial charge in [-0.05, 0) is 43.7 Å². The predicted molar refractivity (Wildman–Crippen MR) is 92.7 cm³/mol. The van der Waals surface area contributed by atoms with E-state index in [1.807, 2.05) is 27.9 Å². The van der Waals surface area contributed by atoms with Crippen molar-refractivity contribution >= 4 is 15.8 Å². The number of sulfonamides is 1. The van der Waals surface area contributed by atoms with Crippen molar-refractivity contribution in [3.8, 4) is 0 Å². The molecule has 2 aliphatic rings. The SMILES string of the molecule is CN(C)CC(C)(C)CNS(=O)(=O)C[C@]12CC[C@H](CC1=O)C2(C)C. The zero-order chi connectivity index (χ0) is 17.7. The smallest absolute Gasteiger partial charge is 0.212 e. The summed E-state index contributed by atoms with van der Waals surface area (Å²) in [5.41, 5.74) is -1.05. The van der Waals surface area contributed by atoms with Crippen LogP contribution in [0, 0.1) is 22.2 Å². The van der Waals surface area contributed by atoms with Crippen molar-refractivity contribution in [1.29, 1.82) is 0 Å². The molecule has 0 aromatic rings. The molecule has 23 heavy (non-hydrogen) atoms. The summed E-state index contributed by atoms with van der Waals surface area (Å²) in [5.74, 6) is 0.437. The quantitative estimate of drug-likeness (QED) is 0.766. The topological polar surface area (TPSA) is 66.5 Å². The molecule has 2 aliphatic carbocycles. The minimum absolute atomic E-state index is 0.0552. The van der Waals surface area contributed by atoms with E-state index in [0.717, 1.165) is 13.0 Å². The van der Waals surface area contributed by atoms with Gasteiger partial charge in [0.05, 0.1) is 5.75 Å². The molecule has 0 aliphatic heterocycles. The van der Waals surface area contributed by atoms with Crippen LogP contribution in [0.15, 0.2) is 0 Å². The van der Waals surface area contributed by atoms with Crippen molar-refractivity contribution in [3.05, 3.63) is 0 Å². The normalized spacial score (nSPS) is 30.4. The van der Waals surface area contributed by atoms with E-state index >= 15 is 0 Å². The number of ketones is 1. The van der Waals surface area contributed by atoms with E-state index in [9.17, 15) is 13.2 Å². The van der Waals surface area contributed by atoms with Gasteiger partial charge in [-0.1, -0.05) is 27.7 Å². The lowest BCUT2D eigenvalue weighted by molar-refractivity contribution is -0.128. The highest BCUT2D eigenvalue weighted by molar-refractivity contribution is 7.89. The van der Waals surface area contributed by atoms with Gasteiger partial charge in [0.2, 0.25) is 10.0 Å². The lowest BCUT2D eigenvalue weighted by Gasteiger charge is -2.36. The summed E-state index contributed by atoms with van der Waals surface area (Å²) >= 11 is 0. The van der Waals surface area contributed by atoms with Crippen molar-refractivity contribution < 1.29 is 13.2 Å². The summed E-state index contributed by atoms with van der Waals surface area (Å²) in [7, 11) is 0.488. The Labute approximate surface area is 141 Å². The summed E-state index contributed by atoms with van der Waals surface area (Å²) in [4.78, 5) is 14.6. The van der Waals surface area contributed by atoms with Crippen molar-refractivity contribution in [2.45, 2.75) is 47.0 Å². The Morgan fingerprint density at radius 1 is 1.30 bits per heavy atom. The number of rotatable bonds is 7. The fourth-order valence-corrected chi connectivity index (χ4v) is 6.74. The first kappa shape index (κ1) is 18.9. The summed E-state index contributed by atoms with van der Waals surface area (Å²) < 4.78 is 28.1. The molecule has 0 aromatic carbocycles. The summed E-state index contributed by atoms with van der Waals surface area (Å²) in [5, 5.41) is 0. The molecule has 2 fully saturated rings.